The molecule has 9 nitrogen and oxygen atoms in total. The molecule has 2 fully saturated rings. The van der Waals surface area contributed by atoms with E-state index in [1.807, 2.05) is 0 Å². The highest BCUT2D eigenvalue weighted by atomic mass is 32.3. The van der Waals surface area contributed by atoms with Gasteiger partial charge in [-0.25, -0.2) is 8.37 Å². The molecule has 4 rings (SSSR count). The minimum absolute atomic E-state index is 0.229. The molecule has 2 aliphatic rings. The van der Waals surface area contributed by atoms with E-state index in [4.69, 9.17) is 13.1 Å². The number of carboxylic acid groups (broad SMARTS) is 1. The van der Waals surface area contributed by atoms with Crippen LogP contribution in [0.2, 0.25) is 0 Å². The molecule has 0 saturated carbocycles. The summed E-state index contributed by atoms with van der Waals surface area (Å²) in [5.41, 5.74) is 0.958. The Balaban J connectivity index is 1.39. The number of benzene rings is 2. The van der Waals surface area contributed by atoms with E-state index in [9.17, 15) is 23.1 Å². The van der Waals surface area contributed by atoms with Crippen molar-refractivity contribution < 1.29 is 36.2 Å². The molecule has 2 aromatic rings. The van der Waals surface area contributed by atoms with E-state index in [-0.39, 0.29) is 6.10 Å². The van der Waals surface area contributed by atoms with E-state index in [1.165, 1.54) is 0 Å². The van der Waals surface area contributed by atoms with E-state index in [0.717, 1.165) is 25.7 Å². The predicted octanol–water partition coefficient (Wildman–Crippen LogP) is 3.09. The van der Waals surface area contributed by atoms with Gasteiger partial charge in [0.05, 0.1) is 13.2 Å². The van der Waals surface area contributed by atoms with Crippen LogP contribution in [0.1, 0.15) is 48.6 Å². The third-order valence-electron chi connectivity index (χ3n) is 7.08. The number of esters is 1. The number of hydrogen-bond acceptors (Lipinski definition) is 8. The molecule has 0 spiro atoms. The van der Waals surface area contributed by atoms with Gasteiger partial charge in [-0.05, 0) is 43.9 Å². The average molecular weight is 518 g/mol. The number of aliphatic carboxylic acids is 1. The molecule has 0 aromatic heterocycles. The lowest BCUT2D eigenvalue weighted by molar-refractivity contribution is -0.155. The second-order valence-electron chi connectivity index (χ2n) is 9.32. The summed E-state index contributed by atoms with van der Waals surface area (Å²) in [5.74, 6) is -3.96. The summed E-state index contributed by atoms with van der Waals surface area (Å²) in [6.45, 7) is -1.16. The summed E-state index contributed by atoms with van der Waals surface area (Å²) < 4.78 is 40.7. The highest BCUT2D eigenvalue weighted by molar-refractivity contribution is 7.81. The molecule has 1 N–H and O–H groups in total. The topological polar surface area (TPSA) is 119 Å². The predicted molar refractivity (Wildman–Crippen MR) is 131 cm³/mol. The Hall–Kier alpha value is -2.79. The summed E-state index contributed by atoms with van der Waals surface area (Å²) in [6, 6.07) is 17.6. The van der Waals surface area contributed by atoms with E-state index in [0.29, 0.717) is 23.2 Å². The van der Waals surface area contributed by atoms with Crippen LogP contribution in [0.25, 0.3) is 0 Å². The number of piperidine rings is 1. The smallest absolute Gasteiger partial charge is 0.399 e. The standard InChI is InChI=1S/C26H31NO8S/c1-27-20-12-13-21(27)15-22(14-20)35-26(30)24(19-10-6-3-7-11-19)17-34-36(31,32)33-16-23(25(28)29)18-8-4-2-5-9-18/h2-11,20-24H,12-17H2,1H3,(H,28,29)/t20-,21-,23+,24+/m0/s1. The Morgan fingerprint density at radius 3 is 1.86 bits per heavy atom. The number of carbonyl (C=O) groups excluding carboxylic acids is 1. The first-order valence-electron chi connectivity index (χ1n) is 12.0. The van der Waals surface area contributed by atoms with Crippen molar-refractivity contribution in [3.8, 4) is 0 Å². The van der Waals surface area contributed by atoms with E-state index in [2.05, 4.69) is 11.9 Å². The number of nitrogens with zero attached hydrogens (tertiary/aromatic N) is 1. The summed E-state index contributed by atoms with van der Waals surface area (Å²) >= 11 is 0. The summed E-state index contributed by atoms with van der Waals surface area (Å²) in [4.78, 5) is 27.1. The van der Waals surface area contributed by atoms with Gasteiger partial charge in [-0.3, -0.25) is 9.59 Å². The van der Waals surface area contributed by atoms with Gasteiger partial charge in [-0.15, -0.1) is 0 Å². The maximum absolute atomic E-state index is 13.2. The monoisotopic (exact) mass is 517 g/mol. The molecule has 194 valence electrons. The molecule has 2 bridgehead atoms. The normalized spacial score (nSPS) is 23.6. The van der Waals surface area contributed by atoms with Crippen molar-refractivity contribution in [2.45, 2.75) is 55.7 Å². The Morgan fingerprint density at radius 1 is 0.889 bits per heavy atom. The van der Waals surface area contributed by atoms with Crippen molar-refractivity contribution in [2.24, 2.45) is 0 Å². The van der Waals surface area contributed by atoms with Crippen LogP contribution in [-0.4, -0.2) is 68.8 Å². The molecule has 4 atom stereocenters. The van der Waals surface area contributed by atoms with Crippen molar-refractivity contribution in [1.82, 2.24) is 4.90 Å². The van der Waals surface area contributed by atoms with Gasteiger partial charge in [0.1, 0.15) is 17.9 Å². The molecule has 2 saturated heterocycles. The van der Waals surface area contributed by atoms with Crippen LogP contribution in [0.4, 0.5) is 0 Å². The van der Waals surface area contributed by atoms with Crippen LogP contribution in [0.15, 0.2) is 60.7 Å². The zero-order valence-electron chi connectivity index (χ0n) is 20.1. The Kier molecular flexibility index (Phi) is 8.40. The second-order valence-corrected chi connectivity index (χ2v) is 10.6. The van der Waals surface area contributed by atoms with Crippen LogP contribution in [0.3, 0.4) is 0 Å². The third kappa shape index (κ3) is 6.50. The van der Waals surface area contributed by atoms with Crippen LogP contribution in [0, 0.1) is 0 Å². The highest BCUT2D eigenvalue weighted by Crippen LogP contribution is 2.36. The second kappa shape index (κ2) is 11.5. The largest absolute Gasteiger partial charge is 0.481 e. The molecule has 2 aliphatic heterocycles. The number of ether oxygens (including phenoxy) is 1. The lowest BCUT2D eigenvalue weighted by Gasteiger charge is -2.36. The Labute approximate surface area is 211 Å². The maximum atomic E-state index is 13.2. The van der Waals surface area contributed by atoms with Crippen molar-refractivity contribution in [2.75, 3.05) is 20.3 Å². The van der Waals surface area contributed by atoms with Crippen LogP contribution >= 0.6 is 0 Å². The van der Waals surface area contributed by atoms with Crippen LogP contribution < -0.4 is 0 Å². The van der Waals surface area contributed by atoms with Gasteiger partial charge in [0.2, 0.25) is 0 Å². The van der Waals surface area contributed by atoms with E-state index < -0.39 is 47.4 Å². The lowest BCUT2D eigenvalue weighted by Crippen LogP contribution is -2.44. The highest BCUT2D eigenvalue weighted by Gasteiger charge is 2.40. The fourth-order valence-electron chi connectivity index (χ4n) is 5.02. The number of fused-ring (bicyclic) bond motifs is 2. The Morgan fingerprint density at radius 2 is 1.36 bits per heavy atom. The number of carbonyl (C=O) groups is 2. The van der Waals surface area contributed by atoms with E-state index >= 15 is 0 Å². The van der Waals surface area contributed by atoms with Gasteiger partial charge in [-0.1, -0.05) is 60.7 Å². The van der Waals surface area contributed by atoms with Crippen LogP contribution in [0.5, 0.6) is 0 Å². The zero-order valence-corrected chi connectivity index (χ0v) is 20.9. The third-order valence-corrected chi connectivity index (χ3v) is 7.93. The first-order chi connectivity index (χ1) is 17.2. The number of rotatable bonds is 11. The van der Waals surface area contributed by atoms with Gasteiger partial charge in [0.25, 0.3) is 0 Å². The molecule has 0 unspecified atom stereocenters. The van der Waals surface area contributed by atoms with Crippen molar-refractivity contribution in [1.29, 1.82) is 0 Å². The molecule has 36 heavy (non-hydrogen) atoms. The first-order valence-corrected chi connectivity index (χ1v) is 13.4. The Bertz CT molecular complexity index is 1130. The van der Waals surface area contributed by atoms with Crippen molar-refractivity contribution in [3.05, 3.63) is 71.8 Å². The van der Waals surface area contributed by atoms with E-state index in [1.54, 1.807) is 60.7 Å². The molecular formula is C26H31NO8S. The molecule has 2 heterocycles. The molecular weight excluding hydrogens is 486 g/mol. The van der Waals surface area contributed by atoms with Gasteiger partial charge < -0.3 is 14.7 Å². The zero-order chi connectivity index (χ0) is 25.7. The number of carboxylic acids is 1. The molecule has 2 aromatic carbocycles. The minimum Gasteiger partial charge on any atom is -0.481 e. The van der Waals surface area contributed by atoms with Gasteiger partial charge in [0, 0.05) is 12.1 Å². The first kappa shape index (κ1) is 26.3. The minimum atomic E-state index is -4.58. The molecule has 0 amide bonds. The van der Waals surface area contributed by atoms with Gasteiger partial charge in [-0.2, -0.15) is 8.42 Å². The van der Waals surface area contributed by atoms with Crippen molar-refractivity contribution in [3.63, 3.8) is 0 Å². The van der Waals surface area contributed by atoms with Gasteiger partial charge in [0.15, 0.2) is 0 Å². The van der Waals surface area contributed by atoms with Crippen LogP contribution in [-0.2, 0) is 33.1 Å². The molecule has 0 radical (unpaired) electrons. The average Bonchev–Trinajstić information content (AvgIpc) is 3.05. The number of hydrogen-bond donors (Lipinski definition) is 1. The van der Waals surface area contributed by atoms with Crippen molar-refractivity contribution >= 4 is 22.3 Å². The fraction of sp³-hybridized carbons (Fsp3) is 0.462. The molecule has 0 aliphatic carbocycles. The lowest BCUT2D eigenvalue weighted by atomic mass is 9.98. The quantitative estimate of drug-likeness (QED) is 0.448. The maximum Gasteiger partial charge on any atom is 0.399 e. The SMILES string of the molecule is CN1[C@H]2CC[C@H]1CC(OC(=O)[C@H](COS(=O)(=O)OC[C@@H](C(=O)O)c1ccccc1)c1ccccc1)C2. The fourth-order valence-corrected chi connectivity index (χ4v) is 5.70. The summed E-state index contributed by atoms with van der Waals surface area (Å²) in [5, 5.41) is 9.50. The van der Waals surface area contributed by atoms with Gasteiger partial charge >= 0.3 is 22.3 Å². The molecule has 10 heteroatoms. The summed E-state index contributed by atoms with van der Waals surface area (Å²) in [7, 11) is -2.48. The summed E-state index contributed by atoms with van der Waals surface area (Å²) in [6.07, 6.45) is 3.43.